The summed E-state index contributed by atoms with van der Waals surface area (Å²) in [5.74, 6) is -4.64. The van der Waals surface area contributed by atoms with Crippen LogP contribution in [0.5, 0.6) is 5.75 Å². The first-order chi connectivity index (χ1) is 14.3. The number of nitrogens with zero attached hydrogens (tertiary/aromatic N) is 1. The molecule has 3 heterocycles. The molecule has 0 atom stereocenters. The van der Waals surface area contributed by atoms with Crippen molar-refractivity contribution in [1.82, 2.24) is 4.98 Å². The lowest BCUT2D eigenvalue weighted by molar-refractivity contribution is 0.0699. The zero-order chi connectivity index (χ0) is 21.6. The van der Waals surface area contributed by atoms with E-state index in [9.17, 15) is 28.6 Å². The van der Waals surface area contributed by atoms with Crippen LogP contribution in [-0.2, 0) is 0 Å². The van der Waals surface area contributed by atoms with Crippen LogP contribution in [0.3, 0.4) is 0 Å². The van der Waals surface area contributed by atoms with E-state index in [2.05, 4.69) is 10.3 Å². The molecule has 0 fully saturated rings. The lowest BCUT2D eigenvalue weighted by atomic mass is 10.1. The van der Waals surface area contributed by atoms with Gasteiger partial charge < -0.3 is 15.5 Å². The second-order valence-electron chi connectivity index (χ2n) is 6.31. The summed E-state index contributed by atoms with van der Waals surface area (Å²) >= 11 is 1.81. The topological polar surface area (TPSA) is 99.5 Å². The van der Waals surface area contributed by atoms with Gasteiger partial charge in [-0.05, 0) is 24.6 Å². The molecule has 3 N–H and O–H groups in total. The highest BCUT2D eigenvalue weighted by atomic mass is 32.1. The molecule has 1 aromatic carbocycles. The van der Waals surface area contributed by atoms with E-state index in [1.165, 1.54) is 30.6 Å². The molecule has 0 unspecified atom stereocenters. The Labute approximate surface area is 176 Å². The van der Waals surface area contributed by atoms with E-state index < -0.39 is 23.5 Å². The fourth-order valence-corrected chi connectivity index (χ4v) is 4.88. The van der Waals surface area contributed by atoms with Crippen molar-refractivity contribution in [2.45, 2.75) is 6.92 Å². The minimum Gasteiger partial charge on any atom is -0.506 e. The third-order valence-electron chi connectivity index (χ3n) is 4.42. The number of pyridine rings is 1. The van der Waals surface area contributed by atoms with Gasteiger partial charge in [0.2, 0.25) is 0 Å². The van der Waals surface area contributed by atoms with E-state index in [-0.39, 0.29) is 37.9 Å². The van der Waals surface area contributed by atoms with E-state index in [1.807, 2.05) is 0 Å². The molecule has 0 aliphatic heterocycles. The van der Waals surface area contributed by atoms with E-state index in [0.29, 0.717) is 10.2 Å². The standard InChI is InChI=1S/C20H12F2N2O4S2/c1-8-4-5-9(14(22)13(8)21)16-12(20(27)28)11(7-29-16)24-18(26)17-15(25)10-3-2-6-23-19(10)30-17/h2-7,25H,1H3,(H,24,26)(H,27,28). The van der Waals surface area contributed by atoms with Crippen molar-refractivity contribution >= 4 is 50.5 Å². The van der Waals surface area contributed by atoms with Crippen molar-refractivity contribution in [2.75, 3.05) is 5.32 Å². The maximum absolute atomic E-state index is 14.4. The normalized spacial score (nSPS) is 11.0. The largest absolute Gasteiger partial charge is 0.506 e. The predicted octanol–water partition coefficient (Wildman–Crippen LogP) is 5.27. The first-order valence-corrected chi connectivity index (χ1v) is 10.2. The zero-order valence-electron chi connectivity index (χ0n) is 15.2. The van der Waals surface area contributed by atoms with Crippen LogP contribution in [0.15, 0.2) is 35.8 Å². The quantitative estimate of drug-likeness (QED) is 0.397. The molecule has 6 nitrogen and oxygen atoms in total. The van der Waals surface area contributed by atoms with Gasteiger partial charge >= 0.3 is 5.97 Å². The maximum atomic E-state index is 14.4. The number of aromatic nitrogens is 1. The summed E-state index contributed by atoms with van der Waals surface area (Å²) in [6.45, 7) is 1.40. The molecule has 0 saturated heterocycles. The summed E-state index contributed by atoms with van der Waals surface area (Å²) < 4.78 is 28.4. The molecular formula is C20H12F2N2O4S2. The summed E-state index contributed by atoms with van der Waals surface area (Å²) in [6, 6.07) is 5.85. The number of hydrogen-bond acceptors (Lipinski definition) is 6. The Morgan fingerprint density at radius 1 is 1.17 bits per heavy atom. The molecule has 1 amide bonds. The van der Waals surface area contributed by atoms with Gasteiger partial charge in [-0.15, -0.1) is 22.7 Å². The Morgan fingerprint density at radius 3 is 2.63 bits per heavy atom. The smallest absolute Gasteiger partial charge is 0.339 e. The molecule has 30 heavy (non-hydrogen) atoms. The lowest BCUT2D eigenvalue weighted by Gasteiger charge is -2.07. The van der Waals surface area contributed by atoms with Crippen molar-refractivity contribution in [1.29, 1.82) is 0 Å². The monoisotopic (exact) mass is 446 g/mol. The predicted molar refractivity (Wildman–Crippen MR) is 111 cm³/mol. The van der Waals surface area contributed by atoms with Crippen LogP contribution in [0.4, 0.5) is 14.5 Å². The molecule has 10 heteroatoms. The van der Waals surface area contributed by atoms with Crippen LogP contribution in [0.1, 0.15) is 25.6 Å². The lowest BCUT2D eigenvalue weighted by Crippen LogP contribution is -2.13. The van der Waals surface area contributed by atoms with Gasteiger partial charge in [0.1, 0.15) is 21.0 Å². The van der Waals surface area contributed by atoms with Crippen LogP contribution in [0, 0.1) is 18.6 Å². The van der Waals surface area contributed by atoms with Gasteiger partial charge in [-0.1, -0.05) is 12.1 Å². The fraction of sp³-hybridized carbons (Fsp3) is 0.0500. The second kappa shape index (κ2) is 7.47. The van der Waals surface area contributed by atoms with Crippen LogP contribution >= 0.6 is 22.7 Å². The molecule has 0 bridgehead atoms. The Hall–Kier alpha value is -3.37. The van der Waals surface area contributed by atoms with Gasteiger partial charge in [0.15, 0.2) is 11.6 Å². The number of fused-ring (bicyclic) bond motifs is 1. The number of amides is 1. The van der Waals surface area contributed by atoms with Crippen LogP contribution < -0.4 is 5.32 Å². The van der Waals surface area contributed by atoms with Gasteiger partial charge in [-0.25, -0.2) is 18.6 Å². The number of thiophene rings is 2. The number of carbonyl (C=O) groups excluding carboxylic acids is 1. The van der Waals surface area contributed by atoms with Crippen molar-refractivity contribution in [3.63, 3.8) is 0 Å². The average Bonchev–Trinajstić information content (AvgIpc) is 3.28. The van der Waals surface area contributed by atoms with Crippen molar-refractivity contribution in [3.05, 3.63) is 63.5 Å². The van der Waals surface area contributed by atoms with Gasteiger partial charge in [-0.3, -0.25) is 4.79 Å². The summed E-state index contributed by atoms with van der Waals surface area (Å²) in [5, 5.41) is 24.1. The van der Waals surface area contributed by atoms with Gasteiger partial charge in [0, 0.05) is 17.1 Å². The summed E-state index contributed by atoms with van der Waals surface area (Å²) in [7, 11) is 0. The average molecular weight is 446 g/mol. The van der Waals surface area contributed by atoms with E-state index in [0.717, 1.165) is 22.7 Å². The van der Waals surface area contributed by atoms with Crippen molar-refractivity contribution in [2.24, 2.45) is 0 Å². The molecule has 0 radical (unpaired) electrons. The number of benzene rings is 1. The highest BCUT2D eigenvalue weighted by molar-refractivity contribution is 7.21. The molecule has 4 rings (SSSR count). The Balaban J connectivity index is 1.75. The van der Waals surface area contributed by atoms with Crippen LogP contribution in [0.25, 0.3) is 20.7 Å². The summed E-state index contributed by atoms with van der Waals surface area (Å²) in [6.07, 6.45) is 1.52. The van der Waals surface area contributed by atoms with E-state index >= 15 is 0 Å². The number of hydrogen-bond donors (Lipinski definition) is 3. The second-order valence-corrected chi connectivity index (χ2v) is 8.19. The molecule has 0 spiro atoms. The van der Waals surface area contributed by atoms with E-state index in [1.54, 1.807) is 12.1 Å². The fourth-order valence-electron chi connectivity index (χ4n) is 2.93. The molecular weight excluding hydrogens is 434 g/mol. The molecule has 152 valence electrons. The first-order valence-electron chi connectivity index (χ1n) is 8.47. The first kappa shape index (κ1) is 19.9. The minimum atomic E-state index is -1.41. The molecule has 3 aromatic heterocycles. The molecule has 4 aromatic rings. The minimum absolute atomic E-state index is 0.0311. The number of aromatic carboxylic acids is 1. The van der Waals surface area contributed by atoms with Gasteiger partial charge in [0.25, 0.3) is 5.91 Å². The number of anilines is 1. The summed E-state index contributed by atoms with van der Waals surface area (Å²) in [5.41, 5.74) is -0.575. The highest BCUT2D eigenvalue weighted by Gasteiger charge is 2.26. The van der Waals surface area contributed by atoms with Gasteiger partial charge in [-0.2, -0.15) is 0 Å². The molecule has 0 aliphatic rings. The van der Waals surface area contributed by atoms with Gasteiger partial charge in [0.05, 0.1) is 16.0 Å². The Morgan fingerprint density at radius 2 is 1.93 bits per heavy atom. The SMILES string of the molecule is Cc1ccc(-c2scc(NC(=O)c3sc4ncccc4c3O)c2C(=O)O)c(F)c1F. The van der Waals surface area contributed by atoms with Crippen LogP contribution in [-0.4, -0.2) is 27.1 Å². The third-order valence-corrected chi connectivity index (χ3v) is 6.53. The summed E-state index contributed by atoms with van der Waals surface area (Å²) in [4.78, 5) is 29.0. The molecule has 0 aliphatic carbocycles. The Bertz CT molecular complexity index is 1330. The van der Waals surface area contributed by atoms with Crippen molar-refractivity contribution in [3.8, 4) is 16.2 Å². The number of carboxylic acid groups (broad SMARTS) is 1. The number of halogens is 2. The number of carboxylic acids is 1. The van der Waals surface area contributed by atoms with Crippen LogP contribution in [0.2, 0.25) is 0 Å². The number of rotatable bonds is 4. The number of nitrogens with one attached hydrogen (secondary N) is 1. The third kappa shape index (κ3) is 3.19. The number of carbonyl (C=O) groups is 2. The Kier molecular flexibility index (Phi) is 4.96. The van der Waals surface area contributed by atoms with E-state index in [4.69, 9.17) is 0 Å². The van der Waals surface area contributed by atoms with Crippen molar-refractivity contribution < 1.29 is 28.6 Å². The maximum Gasteiger partial charge on any atom is 0.339 e. The zero-order valence-corrected chi connectivity index (χ0v) is 16.8. The molecule has 0 saturated carbocycles. The number of aryl methyl sites for hydroxylation is 1. The highest BCUT2D eigenvalue weighted by Crippen LogP contribution is 2.40. The number of aromatic hydroxyl groups is 1.